The first-order valence-electron chi connectivity index (χ1n) is 7.30. The van der Waals surface area contributed by atoms with Crippen LogP contribution in [0.25, 0.3) is 0 Å². The van der Waals surface area contributed by atoms with Crippen molar-refractivity contribution in [3.63, 3.8) is 0 Å². The third-order valence-corrected chi connectivity index (χ3v) is 3.81. The molecule has 6 heteroatoms. The maximum Gasteiger partial charge on any atom is 0.216 e. The van der Waals surface area contributed by atoms with Gasteiger partial charge in [-0.2, -0.15) is 5.10 Å². The highest BCUT2D eigenvalue weighted by Gasteiger charge is 2.17. The molecule has 3 N–H and O–H groups in total. The summed E-state index contributed by atoms with van der Waals surface area (Å²) in [6, 6.07) is 0.486. The van der Waals surface area contributed by atoms with Gasteiger partial charge in [0.25, 0.3) is 0 Å². The Kier molecular flexibility index (Phi) is 4.87. The van der Waals surface area contributed by atoms with E-state index in [4.69, 9.17) is 10.5 Å². The first-order valence-corrected chi connectivity index (χ1v) is 7.30. The number of ether oxygens (including phenoxy) is 1. The lowest BCUT2D eigenvalue weighted by Gasteiger charge is -2.12. The summed E-state index contributed by atoms with van der Waals surface area (Å²) in [6.07, 6.45) is 5.79. The molecule has 20 heavy (non-hydrogen) atoms. The van der Waals surface area contributed by atoms with Crippen LogP contribution in [0.3, 0.4) is 0 Å². The Hall–Kier alpha value is -1.72. The van der Waals surface area contributed by atoms with Crippen molar-refractivity contribution < 1.29 is 4.74 Å². The quantitative estimate of drug-likeness (QED) is 0.630. The minimum atomic E-state index is 0.486. The summed E-state index contributed by atoms with van der Waals surface area (Å²) in [4.78, 5) is 4.44. The van der Waals surface area contributed by atoms with Crippen LogP contribution < -0.4 is 15.8 Å². The number of aryl methyl sites for hydroxylation is 2. The van der Waals surface area contributed by atoms with E-state index in [1.54, 1.807) is 11.8 Å². The maximum atomic E-state index is 5.96. The summed E-state index contributed by atoms with van der Waals surface area (Å²) < 4.78 is 7.15. The number of aliphatic imine (C=N–C) groups is 1. The number of hydrogen-bond acceptors (Lipinski definition) is 3. The third kappa shape index (κ3) is 3.23. The van der Waals surface area contributed by atoms with Crippen LogP contribution in [0.1, 0.15) is 43.9 Å². The van der Waals surface area contributed by atoms with Gasteiger partial charge in [0.2, 0.25) is 5.88 Å². The number of rotatable bonds is 5. The average Bonchev–Trinajstić information content (AvgIpc) is 3.03. The zero-order chi connectivity index (χ0) is 14.5. The van der Waals surface area contributed by atoms with Crippen molar-refractivity contribution in [3.8, 4) is 5.88 Å². The molecule has 0 saturated heterocycles. The smallest absolute Gasteiger partial charge is 0.216 e. The van der Waals surface area contributed by atoms with Crippen molar-refractivity contribution in [2.45, 2.75) is 51.6 Å². The second-order valence-corrected chi connectivity index (χ2v) is 5.24. The summed E-state index contributed by atoms with van der Waals surface area (Å²) in [6.45, 7) is 2.58. The van der Waals surface area contributed by atoms with Gasteiger partial charge in [0.15, 0.2) is 5.96 Å². The van der Waals surface area contributed by atoms with E-state index in [1.165, 1.54) is 25.7 Å². The number of hydrogen-bond donors (Lipinski definition) is 2. The largest absolute Gasteiger partial charge is 0.481 e. The van der Waals surface area contributed by atoms with Gasteiger partial charge in [-0.3, -0.25) is 0 Å². The first-order chi connectivity index (χ1) is 9.65. The number of aromatic nitrogens is 2. The van der Waals surface area contributed by atoms with Crippen LogP contribution in [0.15, 0.2) is 4.99 Å². The van der Waals surface area contributed by atoms with E-state index in [0.29, 0.717) is 18.5 Å². The zero-order valence-corrected chi connectivity index (χ0v) is 12.6. The molecular formula is C14H25N5O. The molecule has 2 rings (SSSR count). The Bertz CT molecular complexity index is 474. The second kappa shape index (κ2) is 6.63. The molecule has 0 aromatic carbocycles. The molecule has 0 atom stereocenters. The molecule has 6 nitrogen and oxygen atoms in total. The molecule has 1 aromatic rings. The van der Waals surface area contributed by atoms with Crippen molar-refractivity contribution in [3.05, 3.63) is 11.3 Å². The molecule has 0 radical (unpaired) electrons. The van der Waals surface area contributed by atoms with Gasteiger partial charge >= 0.3 is 0 Å². The molecule has 0 spiro atoms. The fourth-order valence-electron chi connectivity index (χ4n) is 2.79. The van der Waals surface area contributed by atoms with Crippen LogP contribution in [-0.4, -0.2) is 28.9 Å². The van der Waals surface area contributed by atoms with Crippen molar-refractivity contribution in [2.24, 2.45) is 17.8 Å². The zero-order valence-electron chi connectivity index (χ0n) is 12.6. The van der Waals surface area contributed by atoms with Gasteiger partial charge in [-0.15, -0.1) is 0 Å². The Labute approximate surface area is 120 Å². The van der Waals surface area contributed by atoms with Crippen LogP contribution >= 0.6 is 0 Å². The Morgan fingerprint density at radius 2 is 2.20 bits per heavy atom. The van der Waals surface area contributed by atoms with Gasteiger partial charge in [-0.05, 0) is 19.3 Å². The van der Waals surface area contributed by atoms with E-state index in [1.807, 2.05) is 7.05 Å². The van der Waals surface area contributed by atoms with E-state index in [2.05, 4.69) is 22.3 Å². The molecule has 1 fully saturated rings. The lowest BCUT2D eigenvalue weighted by atomic mass is 10.2. The number of guanidine groups is 1. The standard InChI is InChI=1S/C14H25N5O/c1-4-12-11(13(20-3)19(2)18-12)9-16-14(15)17-10-7-5-6-8-10/h10H,4-9H2,1-3H3,(H3,15,16,17). The number of nitrogens with one attached hydrogen (secondary N) is 1. The highest BCUT2D eigenvalue weighted by Crippen LogP contribution is 2.23. The molecule has 1 aromatic heterocycles. The van der Waals surface area contributed by atoms with Crippen LogP contribution in [0.4, 0.5) is 0 Å². The molecule has 0 amide bonds. The molecule has 0 unspecified atom stereocenters. The predicted octanol–water partition coefficient (Wildman–Crippen LogP) is 1.34. The lowest BCUT2D eigenvalue weighted by molar-refractivity contribution is 0.369. The van der Waals surface area contributed by atoms with Crippen molar-refractivity contribution in [1.82, 2.24) is 15.1 Å². The van der Waals surface area contributed by atoms with Gasteiger partial charge in [0.1, 0.15) is 0 Å². The highest BCUT2D eigenvalue weighted by atomic mass is 16.5. The summed E-state index contributed by atoms with van der Waals surface area (Å²) in [5.74, 6) is 1.28. The molecular weight excluding hydrogens is 254 g/mol. The average molecular weight is 279 g/mol. The minimum absolute atomic E-state index is 0.486. The molecule has 1 heterocycles. The second-order valence-electron chi connectivity index (χ2n) is 5.24. The Balaban J connectivity index is 2.04. The minimum Gasteiger partial charge on any atom is -0.481 e. The summed E-state index contributed by atoms with van der Waals surface area (Å²) >= 11 is 0. The molecule has 0 aliphatic heterocycles. The number of nitrogens with zero attached hydrogens (tertiary/aromatic N) is 3. The number of methoxy groups -OCH3 is 1. The fourth-order valence-corrected chi connectivity index (χ4v) is 2.79. The molecule has 1 saturated carbocycles. The topological polar surface area (TPSA) is 77.5 Å². The van der Waals surface area contributed by atoms with Crippen molar-refractivity contribution >= 4 is 5.96 Å². The van der Waals surface area contributed by atoms with Crippen LogP contribution in [0.5, 0.6) is 5.88 Å². The van der Waals surface area contributed by atoms with Crippen LogP contribution in [-0.2, 0) is 20.0 Å². The van der Waals surface area contributed by atoms with E-state index >= 15 is 0 Å². The SMILES string of the molecule is CCc1nn(C)c(OC)c1CN=C(N)NC1CCCC1. The molecule has 112 valence electrons. The van der Waals surface area contributed by atoms with Gasteiger partial charge in [-0.1, -0.05) is 19.8 Å². The normalized spacial score (nSPS) is 16.6. The molecule has 1 aliphatic rings. The van der Waals surface area contributed by atoms with E-state index in [9.17, 15) is 0 Å². The molecule has 0 bridgehead atoms. The third-order valence-electron chi connectivity index (χ3n) is 3.81. The Morgan fingerprint density at radius 1 is 1.50 bits per heavy atom. The van der Waals surface area contributed by atoms with Gasteiger partial charge < -0.3 is 15.8 Å². The van der Waals surface area contributed by atoms with Gasteiger partial charge in [-0.25, -0.2) is 9.67 Å². The lowest BCUT2D eigenvalue weighted by Crippen LogP contribution is -2.38. The van der Waals surface area contributed by atoms with E-state index in [0.717, 1.165) is 23.6 Å². The predicted molar refractivity (Wildman–Crippen MR) is 79.9 cm³/mol. The summed E-state index contributed by atoms with van der Waals surface area (Å²) in [7, 11) is 3.54. The summed E-state index contributed by atoms with van der Waals surface area (Å²) in [5, 5.41) is 7.73. The molecule has 1 aliphatic carbocycles. The Morgan fingerprint density at radius 3 is 2.80 bits per heavy atom. The van der Waals surface area contributed by atoms with E-state index in [-0.39, 0.29) is 0 Å². The van der Waals surface area contributed by atoms with E-state index < -0.39 is 0 Å². The number of nitrogens with two attached hydrogens (primary N) is 1. The van der Waals surface area contributed by atoms with Crippen LogP contribution in [0, 0.1) is 0 Å². The van der Waals surface area contributed by atoms with Crippen LogP contribution in [0.2, 0.25) is 0 Å². The maximum absolute atomic E-state index is 5.96. The summed E-state index contributed by atoms with van der Waals surface area (Å²) in [5.41, 5.74) is 8.00. The van der Waals surface area contributed by atoms with Gasteiger partial charge in [0, 0.05) is 13.1 Å². The van der Waals surface area contributed by atoms with Crippen molar-refractivity contribution in [2.75, 3.05) is 7.11 Å². The fraction of sp³-hybridized carbons (Fsp3) is 0.714. The highest BCUT2D eigenvalue weighted by molar-refractivity contribution is 5.78. The first kappa shape index (κ1) is 14.7. The van der Waals surface area contributed by atoms with Gasteiger partial charge in [0.05, 0.1) is 24.9 Å². The monoisotopic (exact) mass is 279 g/mol. The van der Waals surface area contributed by atoms with Crippen molar-refractivity contribution in [1.29, 1.82) is 0 Å².